The summed E-state index contributed by atoms with van der Waals surface area (Å²) in [5, 5.41) is 11.5. The number of amides is 1. The molecule has 0 aromatic heterocycles. The third kappa shape index (κ3) is 3.07. The van der Waals surface area contributed by atoms with Crippen molar-refractivity contribution in [2.45, 2.75) is 24.3 Å². The summed E-state index contributed by atoms with van der Waals surface area (Å²) in [5.74, 6) is -0.238. The normalized spacial score (nSPS) is 22.6. The maximum atomic E-state index is 12.5. The van der Waals surface area contributed by atoms with Crippen LogP contribution in [0.2, 0.25) is 5.02 Å². The van der Waals surface area contributed by atoms with E-state index in [4.69, 9.17) is 11.6 Å². The Balaban J connectivity index is 2.29. The number of rotatable bonds is 2. The van der Waals surface area contributed by atoms with Gasteiger partial charge in [-0.25, -0.2) is 0 Å². The van der Waals surface area contributed by atoms with Gasteiger partial charge >= 0.3 is 0 Å². The molecule has 20 heavy (non-hydrogen) atoms. The zero-order valence-corrected chi connectivity index (χ0v) is 12.8. The van der Waals surface area contributed by atoms with Crippen molar-refractivity contribution in [3.8, 4) is 0 Å². The SMILES string of the molecule is CC1CN(C(=O)c2cccc([N+](=O)[O-])c2Cl)CC(C)S1. The molecule has 1 fully saturated rings. The lowest BCUT2D eigenvalue weighted by Gasteiger charge is -2.34. The third-order valence-corrected chi connectivity index (χ3v) is 4.74. The number of halogens is 1. The summed E-state index contributed by atoms with van der Waals surface area (Å²) < 4.78 is 0. The van der Waals surface area contributed by atoms with E-state index in [2.05, 4.69) is 13.8 Å². The summed E-state index contributed by atoms with van der Waals surface area (Å²) >= 11 is 7.83. The van der Waals surface area contributed by atoms with Crippen LogP contribution in [0.5, 0.6) is 0 Å². The summed E-state index contributed by atoms with van der Waals surface area (Å²) in [4.78, 5) is 24.5. The number of carbonyl (C=O) groups excluding carboxylic acids is 1. The first-order valence-corrected chi connectivity index (χ1v) is 7.60. The monoisotopic (exact) mass is 314 g/mol. The number of nitro groups is 1. The molecule has 5 nitrogen and oxygen atoms in total. The van der Waals surface area contributed by atoms with Gasteiger partial charge in [-0.05, 0) is 6.07 Å². The maximum Gasteiger partial charge on any atom is 0.288 e. The van der Waals surface area contributed by atoms with E-state index in [9.17, 15) is 14.9 Å². The molecule has 7 heteroatoms. The summed E-state index contributed by atoms with van der Waals surface area (Å²) in [6.45, 7) is 5.39. The van der Waals surface area contributed by atoms with Crippen LogP contribution in [0.15, 0.2) is 18.2 Å². The van der Waals surface area contributed by atoms with Crippen molar-refractivity contribution in [2.24, 2.45) is 0 Å². The van der Waals surface area contributed by atoms with Gasteiger partial charge in [0.05, 0.1) is 10.5 Å². The fourth-order valence-electron chi connectivity index (χ4n) is 2.34. The highest BCUT2D eigenvalue weighted by molar-refractivity contribution is 8.00. The number of nitrogens with zero attached hydrogens (tertiary/aromatic N) is 2. The second-order valence-corrected chi connectivity index (χ2v) is 7.12. The van der Waals surface area contributed by atoms with Crippen LogP contribution in [0.4, 0.5) is 5.69 Å². The fraction of sp³-hybridized carbons (Fsp3) is 0.462. The highest BCUT2D eigenvalue weighted by atomic mass is 35.5. The first-order chi connectivity index (χ1) is 9.40. The molecule has 0 spiro atoms. The largest absolute Gasteiger partial charge is 0.336 e. The fourth-order valence-corrected chi connectivity index (χ4v) is 3.94. The highest BCUT2D eigenvalue weighted by Crippen LogP contribution is 2.31. The molecule has 0 bridgehead atoms. The Hall–Kier alpha value is -1.27. The van der Waals surface area contributed by atoms with Crippen LogP contribution in [-0.4, -0.2) is 39.3 Å². The summed E-state index contributed by atoms with van der Waals surface area (Å²) in [7, 11) is 0. The average Bonchev–Trinajstić information content (AvgIpc) is 2.36. The first kappa shape index (κ1) is 15.1. The number of hydrogen-bond donors (Lipinski definition) is 0. The van der Waals surface area contributed by atoms with Gasteiger partial charge in [-0.2, -0.15) is 11.8 Å². The lowest BCUT2D eigenvalue weighted by Crippen LogP contribution is -2.44. The minimum Gasteiger partial charge on any atom is -0.336 e. The molecule has 1 aromatic carbocycles. The molecule has 0 N–H and O–H groups in total. The number of nitro benzene ring substituents is 1. The van der Waals surface area contributed by atoms with Gasteiger partial charge in [0.2, 0.25) is 0 Å². The van der Waals surface area contributed by atoms with Gasteiger partial charge < -0.3 is 4.90 Å². The molecule has 0 aliphatic carbocycles. The smallest absolute Gasteiger partial charge is 0.288 e. The standard InChI is InChI=1S/C13H15ClN2O3S/c1-8-6-15(7-9(2)20-8)13(17)10-4-3-5-11(12(10)14)16(18)19/h3-5,8-9H,6-7H2,1-2H3. The predicted molar refractivity (Wildman–Crippen MR) is 80.5 cm³/mol. The molecular formula is C13H15ClN2O3S. The second-order valence-electron chi connectivity index (χ2n) is 4.86. The lowest BCUT2D eigenvalue weighted by atomic mass is 10.1. The number of carbonyl (C=O) groups is 1. The number of thioether (sulfide) groups is 1. The molecule has 0 saturated carbocycles. The lowest BCUT2D eigenvalue weighted by molar-refractivity contribution is -0.384. The molecule has 2 rings (SSSR count). The minimum absolute atomic E-state index is 0.0824. The van der Waals surface area contributed by atoms with E-state index in [-0.39, 0.29) is 22.2 Å². The van der Waals surface area contributed by atoms with Crippen LogP contribution in [0.1, 0.15) is 24.2 Å². The van der Waals surface area contributed by atoms with Crippen LogP contribution in [0, 0.1) is 10.1 Å². The number of benzene rings is 1. The quantitative estimate of drug-likeness (QED) is 0.621. The van der Waals surface area contributed by atoms with Crippen molar-refractivity contribution in [3.63, 3.8) is 0 Å². The Morgan fingerprint density at radius 3 is 2.55 bits per heavy atom. The minimum atomic E-state index is -0.573. The molecule has 1 aliphatic heterocycles. The van der Waals surface area contributed by atoms with E-state index < -0.39 is 4.92 Å². The Bertz CT molecular complexity index is 542. The molecule has 1 aliphatic rings. The van der Waals surface area contributed by atoms with Crippen molar-refractivity contribution in [1.29, 1.82) is 0 Å². The van der Waals surface area contributed by atoms with Crippen LogP contribution < -0.4 is 0 Å². The molecule has 1 aromatic rings. The van der Waals surface area contributed by atoms with Crippen LogP contribution in [-0.2, 0) is 0 Å². The van der Waals surface area contributed by atoms with Gasteiger partial charge in [-0.3, -0.25) is 14.9 Å². The van der Waals surface area contributed by atoms with Crippen molar-refractivity contribution in [3.05, 3.63) is 38.9 Å². The van der Waals surface area contributed by atoms with E-state index >= 15 is 0 Å². The predicted octanol–water partition coefficient (Wildman–Crippen LogP) is 3.21. The zero-order chi connectivity index (χ0) is 14.9. The van der Waals surface area contributed by atoms with Crippen molar-refractivity contribution < 1.29 is 9.72 Å². The summed E-state index contributed by atoms with van der Waals surface area (Å²) in [5.41, 5.74) is -0.0304. The Kier molecular flexibility index (Phi) is 4.55. The van der Waals surface area contributed by atoms with E-state index in [1.54, 1.807) is 4.90 Å². The van der Waals surface area contributed by atoms with Gasteiger partial charge in [0.1, 0.15) is 5.02 Å². The molecule has 1 heterocycles. The van der Waals surface area contributed by atoms with Gasteiger partial charge in [-0.1, -0.05) is 31.5 Å². The van der Waals surface area contributed by atoms with Gasteiger partial charge in [0.25, 0.3) is 11.6 Å². The van der Waals surface area contributed by atoms with Crippen molar-refractivity contribution in [1.82, 2.24) is 4.90 Å². The topological polar surface area (TPSA) is 63.5 Å². The molecule has 2 atom stereocenters. The summed E-state index contributed by atoms with van der Waals surface area (Å²) in [6, 6.07) is 4.33. The second kappa shape index (κ2) is 6.01. The van der Waals surface area contributed by atoms with Gasteiger partial charge in [0, 0.05) is 29.7 Å². The van der Waals surface area contributed by atoms with E-state index in [1.165, 1.54) is 18.2 Å². The molecule has 0 radical (unpaired) electrons. The van der Waals surface area contributed by atoms with Crippen molar-refractivity contribution in [2.75, 3.05) is 13.1 Å². The molecule has 108 valence electrons. The van der Waals surface area contributed by atoms with Gasteiger partial charge in [0.15, 0.2) is 0 Å². The average molecular weight is 315 g/mol. The van der Waals surface area contributed by atoms with Crippen LogP contribution in [0.3, 0.4) is 0 Å². The molecular weight excluding hydrogens is 300 g/mol. The molecule has 1 amide bonds. The third-order valence-electron chi connectivity index (χ3n) is 3.11. The van der Waals surface area contributed by atoms with Crippen molar-refractivity contribution >= 4 is 35.0 Å². The highest BCUT2D eigenvalue weighted by Gasteiger charge is 2.29. The number of hydrogen-bond acceptors (Lipinski definition) is 4. The summed E-state index contributed by atoms with van der Waals surface area (Å²) in [6.07, 6.45) is 0. The Morgan fingerprint density at radius 1 is 1.40 bits per heavy atom. The van der Waals surface area contributed by atoms with Crippen LogP contribution in [0.25, 0.3) is 0 Å². The van der Waals surface area contributed by atoms with E-state index in [0.717, 1.165) is 0 Å². The molecule has 2 unspecified atom stereocenters. The Labute approximate surface area is 126 Å². The molecule has 1 saturated heterocycles. The first-order valence-electron chi connectivity index (χ1n) is 6.27. The van der Waals surface area contributed by atoms with E-state index in [0.29, 0.717) is 23.6 Å². The van der Waals surface area contributed by atoms with Gasteiger partial charge in [-0.15, -0.1) is 0 Å². The Morgan fingerprint density at radius 2 is 2.00 bits per heavy atom. The van der Waals surface area contributed by atoms with E-state index in [1.807, 2.05) is 11.8 Å². The maximum absolute atomic E-state index is 12.5. The van der Waals surface area contributed by atoms with Crippen LogP contribution >= 0.6 is 23.4 Å². The zero-order valence-electron chi connectivity index (χ0n) is 11.2.